The van der Waals surface area contributed by atoms with Crippen LogP contribution >= 0.6 is 11.3 Å². The molecule has 1 aromatic rings. The number of rotatable bonds is 10. The van der Waals surface area contributed by atoms with E-state index in [9.17, 15) is 14.4 Å². The summed E-state index contributed by atoms with van der Waals surface area (Å²) < 4.78 is 16.2. The van der Waals surface area contributed by atoms with Crippen molar-refractivity contribution in [2.45, 2.75) is 105 Å². The molecule has 0 radical (unpaired) electrons. The largest absolute Gasteiger partial charge is 0.458 e. The van der Waals surface area contributed by atoms with Crippen LogP contribution in [0.15, 0.2) is 0 Å². The molecule has 31 heavy (non-hydrogen) atoms. The topological polar surface area (TPSA) is 90.9 Å². The zero-order chi connectivity index (χ0) is 23.8. The number of carbonyl (C=O) groups excluding carboxylic acids is 3. The highest BCUT2D eigenvalue weighted by Crippen LogP contribution is 2.35. The van der Waals surface area contributed by atoms with E-state index in [1.807, 2.05) is 6.92 Å². The minimum atomic E-state index is -0.727. The molecule has 1 aromatic heterocycles. The van der Waals surface area contributed by atoms with Crippen molar-refractivity contribution in [1.29, 1.82) is 0 Å². The SMILES string of the molecule is CCCCCCC(C)OC(=O)c1sc(NC(=O)OC(C)C)c(C(=O)OC(C)(C)C)c1C. The summed E-state index contributed by atoms with van der Waals surface area (Å²) in [5, 5.41) is 2.78. The lowest BCUT2D eigenvalue weighted by molar-refractivity contribution is 0.00705. The van der Waals surface area contributed by atoms with E-state index in [0.29, 0.717) is 5.56 Å². The van der Waals surface area contributed by atoms with E-state index in [1.54, 1.807) is 41.5 Å². The Morgan fingerprint density at radius 2 is 1.65 bits per heavy atom. The highest BCUT2D eigenvalue weighted by Gasteiger charge is 2.30. The molecule has 0 saturated heterocycles. The number of thiophene rings is 1. The first-order chi connectivity index (χ1) is 14.4. The Bertz CT molecular complexity index is 763. The Hall–Kier alpha value is -2.09. The van der Waals surface area contributed by atoms with Crippen LogP contribution in [0.5, 0.6) is 0 Å². The molecular formula is C23H37NO6S. The Kier molecular flexibility index (Phi) is 10.5. The Morgan fingerprint density at radius 1 is 1.00 bits per heavy atom. The lowest BCUT2D eigenvalue weighted by Crippen LogP contribution is -2.25. The Morgan fingerprint density at radius 3 is 2.19 bits per heavy atom. The predicted octanol–water partition coefficient (Wildman–Crippen LogP) is 6.48. The second kappa shape index (κ2) is 12.1. The fourth-order valence-corrected chi connectivity index (χ4v) is 3.92. The monoisotopic (exact) mass is 455 g/mol. The van der Waals surface area contributed by atoms with Gasteiger partial charge in [0.2, 0.25) is 0 Å². The van der Waals surface area contributed by atoms with Gasteiger partial charge in [0.1, 0.15) is 15.5 Å². The summed E-state index contributed by atoms with van der Waals surface area (Å²) >= 11 is 0.991. The number of ether oxygens (including phenoxy) is 3. The molecule has 0 fully saturated rings. The molecule has 0 aromatic carbocycles. The van der Waals surface area contributed by atoms with Gasteiger partial charge in [0.15, 0.2) is 0 Å². The highest BCUT2D eigenvalue weighted by molar-refractivity contribution is 7.18. The molecule has 0 saturated carbocycles. The maximum Gasteiger partial charge on any atom is 0.412 e. The molecule has 0 aliphatic rings. The average Bonchev–Trinajstić information content (AvgIpc) is 2.92. The minimum Gasteiger partial charge on any atom is -0.458 e. The maximum atomic E-state index is 12.8. The quantitative estimate of drug-likeness (QED) is 0.246. The average molecular weight is 456 g/mol. The molecule has 1 rings (SSSR count). The van der Waals surface area contributed by atoms with Crippen molar-refractivity contribution < 1.29 is 28.6 Å². The van der Waals surface area contributed by atoms with Crippen molar-refractivity contribution in [3.63, 3.8) is 0 Å². The van der Waals surface area contributed by atoms with Gasteiger partial charge in [-0.2, -0.15) is 0 Å². The van der Waals surface area contributed by atoms with Gasteiger partial charge in [-0.1, -0.05) is 26.2 Å². The number of carbonyl (C=O) groups is 3. The number of hydrogen-bond acceptors (Lipinski definition) is 7. The van der Waals surface area contributed by atoms with E-state index in [-0.39, 0.29) is 27.6 Å². The van der Waals surface area contributed by atoms with Crippen LogP contribution in [0.3, 0.4) is 0 Å². The van der Waals surface area contributed by atoms with Crippen LogP contribution in [-0.4, -0.2) is 35.8 Å². The zero-order valence-corrected chi connectivity index (χ0v) is 20.9. The van der Waals surface area contributed by atoms with E-state index in [2.05, 4.69) is 12.2 Å². The molecule has 1 atom stereocenters. The van der Waals surface area contributed by atoms with Gasteiger partial charge in [-0.15, -0.1) is 11.3 Å². The summed E-state index contributed by atoms with van der Waals surface area (Å²) in [6.07, 6.45) is 3.90. The van der Waals surface area contributed by atoms with Crippen LogP contribution < -0.4 is 5.32 Å². The molecule has 1 unspecified atom stereocenters. The summed E-state index contributed by atoms with van der Waals surface area (Å²) in [7, 11) is 0. The fourth-order valence-electron chi connectivity index (χ4n) is 2.86. The lowest BCUT2D eigenvalue weighted by atomic mass is 10.1. The third-order valence-electron chi connectivity index (χ3n) is 4.27. The molecule has 0 spiro atoms. The first-order valence-electron chi connectivity index (χ1n) is 10.9. The van der Waals surface area contributed by atoms with E-state index < -0.39 is 23.6 Å². The lowest BCUT2D eigenvalue weighted by Gasteiger charge is -2.20. The van der Waals surface area contributed by atoms with Crippen molar-refractivity contribution >= 4 is 34.4 Å². The van der Waals surface area contributed by atoms with E-state index in [1.165, 1.54) is 0 Å². The van der Waals surface area contributed by atoms with Crippen molar-refractivity contribution in [3.8, 4) is 0 Å². The smallest absolute Gasteiger partial charge is 0.412 e. The second-order valence-corrected chi connectivity index (χ2v) is 9.93. The normalized spacial score (nSPS) is 12.4. The van der Waals surface area contributed by atoms with Gasteiger partial charge in [0.25, 0.3) is 0 Å². The minimum absolute atomic E-state index is 0.142. The molecule has 8 heteroatoms. The second-order valence-electron chi connectivity index (χ2n) is 8.91. The molecular weight excluding hydrogens is 418 g/mol. The van der Waals surface area contributed by atoms with Gasteiger partial charge in [0, 0.05) is 0 Å². The van der Waals surface area contributed by atoms with Crippen LogP contribution in [0.1, 0.15) is 106 Å². The van der Waals surface area contributed by atoms with Crippen LogP contribution in [0.25, 0.3) is 0 Å². The summed E-state index contributed by atoms with van der Waals surface area (Å²) in [5.41, 5.74) is -0.167. The molecule has 1 amide bonds. The predicted molar refractivity (Wildman–Crippen MR) is 123 cm³/mol. The van der Waals surface area contributed by atoms with Gasteiger partial charge < -0.3 is 14.2 Å². The van der Waals surface area contributed by atoms with Crippen molar-refractivity contribution in [2.75, 3.05) is 5.32 Å². The third kappa shape index (κ3) is 9.29. The first-order valence-corrected chi connectivity index (χ1v) is 11.7. The number of anilines is 1. The molecule has 1 N–H and O–H groups in total. The Labute approximate surface area is 189 Å². The number of amides is 1. The standard InChI is InChI=1S/C23H37NO6S/c1-9-10-11-12-13-15(4)29-21(26)18-16(5)17(20(25)30-23(6,7)8)19(31-18)24-22(27)28-14(2)3/h14-15H,9-13H2,1-8H3,(H,24,27). The maximum absolute atomic E-state index is 12.8. The summed E-state index contributed by atoms with van der Waals surface area (Å²) in [6.45, 7) is 14.4. The summed E-state index contributed by atoms with van der Waals surface area (Å²) in [4.78, 5) is 38.0. The van der Waals surface area contributed by atoms with E-state index in [0.717, 1.165) is 43.4 Å². The fraction of sp³-hybridized carbons (Fsp3) is 0.696. The first kappa shape index (κ1) is 26.9. The molecule has 1 heterocycles. The van der Waals surface area contributed by atoms with Crippen molar-refractivity contribution in [1.82, 2.24) is 0 Å². The van der Waals surface area contributed by atoms with Crippen molar-refractivity contribution in [2.24, 2.45) is 0 Å². The molecule has 0 aliphatic heterocycles. The molecule has 7 nitrogen and oxygen atoms in total. The number of esters is 2. The summed E-state index contributed by atoms with van der Waals surface area (Å²) in [6, 6.07) is 0. The van der Waals surface area contributed by atoms with Gasteiger partial charge in [-0.25, -0.2) is 14.4 Å². The van der Waals surface area contributed by atoms with Gasteiger partial charge >= 0.3 is 18.0 Å². The molecule has 0 bridgehead atoms. The van der Waals surface area contributed by atoms with Crippen LogP contribution in [0.4, 0.5) is 9.80 Å². The molecule has 176 valence electrons. The Balaban J connectivity index is 3.09. The van der Waals surface area contributed by atoms with Crippen LogP contribution in [0.2, 0.25) is 0 Å². The van der Waals surface area contributed by atoms with Gasteiger partial charge in [-0.05, 0) is 66.9 Å². The van der Waals surface area contributed by atoms with Gasteiger partial charge in [-0.3, -0.25) is 5.32 Å². The van der Waals surface area contributed by atoms with Crippen LogP contribution in [-0.2, 0) is 14.2 Å². The zero-order valence-electron chi connectivity index (χ0n) is 20.0. The van der Waals surface area contributed by atoms with E-state index >= 15 is 0 Å². The highest BCUT2D eigenvalue weighted by atomic mass is 32.1. The summed E-state index contributed by atoms with van der Waals surface area (Å²) in [5.74, 6) is -1.13. The molecule has 0 aliphatic carbocycles. The number of hydrogen-bond donors (Lipinski definition) is 1. The third-order valence-corrected chi connectivity index (χ3v) is 5.45. The number of nitrogens with one attached hydrogen (secondary N) is 1. The van der Waals surface area contributed by atoms with E-state index in [4.69, 9.17) is 14.2 Å². The van der Waals surface area contributed by atoms with Gasteiger partial charge in [0.05, 0.1) is 17.8 Å². The van der Waals surface area contributed by atoms with Crippen LogP contribution in [0, 0.1) is 6.92 Å². The number of unbranched alkanes of at least 4 members (excludes halogenated alkanes) is 3. The van der Waals surface area contributed by atoms with Crippen molar-refractivity contribution in [3.05, 3.63) is 16.0 Å².